The van der Waals surface area contributed by atoms with E-state index in [2.05, 4.69) is 15.3 Å². The number of para-hydroxylation sites is 1. The zero-order valence-electron chi connectivity index (χ0n) is 18.6. The van der Waals surface area contributed by atoms with Crippen LogP contribution in [0.1, 0.15) is 10.4 Å². The summed E-state index contributed by atoms with van der Waals surface area (Å²) in [6.07, 6.45) is 0. The van der Waals surface area contributed by atoms with Gasteiger partial charge in [-0.2, -0.15) is 0 Å². The van der Waals surface area contributed by atoms with Crippen LogP contribution in [0.2, 0.25) is 0 Å². The van der Waals surface area contributed by atoms with Gasteiger partial charge in [0.1, 0.15) is 10.8 Å². The molecule has 0 radical (unpaired) electrons. The van der Waals surface area contributed by atoms with Crippen molar-refractivity contribution >= 4 is 49.9 Å². The van der Waals surface area contributed by atoms with Crippen LogP contribution in [-0.4, -0.2) is 35.6 Å². The molecule has 3 aromatic carbocycles. The molecule has 1 amide bonds. The Morgan fingerprint density at radius 2 is 1.71 bits per heavy atom. The lowest BCUT2D eigenvalue weighted by molar-refractivity contribution is -0.119. The van der Waals surface area contributed by atoms with Crippen molar-refractivity contribution in [2.75, 3.05) is 19.0 Å². The number of fused-ring (bicyclic) bond motifs is 1. The minimum absolute atomic E-state index is 0.357. The van der Waals surface area contributed by atoms with Gasteiger partial charge in [0.25, 0.3) is 5.91 Å². The molecule has 5 rings (SSSR count). The van der Waals surface area contributed by atoms with Crippen LogP contribution in [0.3, 0.4) is 0 Å². The van der Waals surface area contributed by atoms with E-state index < -0.39 is 18.5 Å². The lowest BCUT2D eigenvalue weighted by atomic mass is 10.1. The second kappa shape index (κ2) is 10.0. The van der Waals surface area contributed by atoms with Crippen molar-refractivity contribution in [3.05, 3.63) is 83.7 Å². The van der Waals surface area contributed by atoms with Crippen LogP contribution < -0.4 is 10.1 Å². The van der Waals surface area contributed by atoms with E-state index in [9.17, 15) is 9.59 Å². The number of ether oxygens (including phenoxy) is 2. The van der Waals surface area contributed by atoms with Gasteiger partial charge < -0.3 is 9.47 Å². The maximum atomic E-state index is 12.8. The summed E-state index contributed by atoms with van der Waals surface area (Å²) in [5.74, 6) is -0.302. The Morgan fingerprint density at radius 3 is 2.51 bits per heavy atom. The molecule has 0 spiro atoms. The molecule has 7 nitrogen and oxygen atoms in total. The van der Waals surface area contributed by atoms with Crippen molar-refractivity contribution in [1.29, 1.82) is 0 Å². The van der Waals surface area contributed by atoms with Gasteiger partial charge in [-0.3, -0.25) is 10.1 Å². The largest absolute Gasteiger partial charge is 0.497 e. The Kier molecular flexibility index (Phi) is 6.51. The van der Waals surface area contributed by atoms with Gasteiger partial charge in [-0.25, -0.2) is 14.8 Å². The van der Waals surface area contributed by atoms with Crippen molar-refractivity contribution in [2.24, 2.45) is 0 Å². The minimum Gasteiger partial charge on any atom is -0.497 e. The fourth-order valence-corrected chi connectivity index (χ4v) is 5.17. The monoisotopic (exact) mass is 501 g/mol. The molecule has 5 aromatic rings. The number of rotatable bonds is 7. The van der Waals surface area contributed by atoms with E-state index in [0.717, 1.165) is 32.2 Å². The number of nitrogens with one attached hydrogen (secondary N) is 1. The first kappa shape index (κ1) is 22.7. The second-order valence-electron chi connectivity index (χ2n) is 7.42. The van der Waals surface area contributed by atoms with E-state index in [1.807, 2.05) is 66.0 Å². The Labute approximate surface area is 209 Å². The normalized spacial score (nSPS) is 10.8. The molecule has 0 bridgehead atoms. The Balaban J connectivity index is 1.23. The van der Waals surface area contributed by atoms with Crippen LogP contribution in [-0.2, 0) is 9.53 Å². The topological polar surface area (TPSA) is 90.4 Å². The maximum Gasteiger partial charge on any atom is 0.339 e. The first-order valence-corrected chi connectivity index (χ1v) is 12.3. The van der Waals surface area contributed by atoms with Crippen molar-refractivity contribution in [1.82, 2.24) is 9.97 Å². The van der Waals surface area contributed by atoms with Gasteiger partial charge in [-0.05, 0) is 42.5 Å². The van der Waals surface area contributed by atoms with Crippen molar-refractivity contribution in [3.63, 3.8) is 0 Å². The maximum absolute atomic E-state index is 12.8. The van der Waals surface area contributed by atoms with E-state index in [1.165, 1.54) is 22.7 Å². The molecule has 35 heavy (non-hydrogen) atoms. The molecule has 2 aromatic heterocycles. The number of benzene rings is 3. The van der Waals surface area contributed by atoms with Gasteiger partial charge in [0.05, 0.1) is 28.6 Å². The van der Waals surface area contributed by atoms with Crippen LogP contribution in [0.4, 0.5) is 5.13 Å². The summed E-state index contributed by atoms with van der Waals surface area (Å²) in [6.45, 7) is -0.426. The SMILES string of the molecule is COc1ccc(-c2csc(NC(=O)COC(=O)c3ccccc3-c3nc4ccccc4s3)n2)cc1. The number of methoxy groups -OCH3 is 1. The van der Waals surface area contributed by atoms with E-state index >= 15 is 0 Å². The van der Waals surface area contributed by atoms with E-state index in [1.54, 1.807) is 19.2 Å². The first-order valence-electron chi connectivity index (χ1n) is 10.6. The van der Waals surface area contributed by atoms with Gasteiger partial charge in [-0.1, -0.05) is 30.3 Å². The van der Waals surface area contributed by atoms with E-state index in [4.69, 9.17) is 9.47 Å². The summed E-state index contributed by atoms with van der Waals surface area (Å²) in [6, 6.07) is 22.4. The first-order chi connectivity index (χ1) is 17.1. The number of hydrogen-bond donors (Lipinski definition) is 1. The number of aromatic nitrogens is 2. The molecule has 0 aliphatic heterocycles. The molecule has 2 heterocycles. The predicted octanol–water partition coefficient (Wildman–Crippen LogP) is 5.89. The number of amides is 1. The summed E-state index contributed by atoms with van der Waals surface area (Å²) >= 11 is 2.79. The number of carbonyl (C=O) groups excluding carboxylic acids is 2. The molecule has 0 atom stereocenters. The predicted molar refractivity (Wildman–Crippen MR) is 138 cm³/mol. The molecule has 0 aliphatic carbocycles. The van der Waals surface area contributed by atoms with Crippen LogP contribution >= 0.6 is 22.7 Å². The quantitative estimate of drug-likeness (QED) is 0.280. The number of carbonyl (C=O) groups is 2. The van der Waals surface area contributed by atoms with Gasteiger partial charge >= 0.3 is 5.97 Å². The third-order valence-electron chi connectivity index (χ3n) is 5.14. The molecule has 0 saturated carbocycles. The molecule has 0 unspecified atom stereocenters. The standard InChI is InChI=1S/C26H19N3O4S2/c1-32-17-12-10-16(11-13-17)21-15-34-26(28-21)29-23(30)14-33-25(31)19-7-3-2-6-18(19)24-27-20-8-4-5-9-22(20)35-24/h2-13,15H,14H2,1H3,(H,28,29,30). The summed E-state index contributed by atoms with van der Waals surface area (Å²) in [4.78, 5) is 34.3. The highest BCUT2D eigenvalue weighted by molar-refractivity contribution is 7.21. The van der Waals surface area contributed by atoms with E-state index in [-0.39, 0.29) is 0 Å². The van der Waals surface area contributed by atoms with Crippen LogP contribution in [0.25, 0.3) is 32.0 Å². The number of nitrogens with zero attached hydrogens (tertiary/aromatic N) is 2. The average Bonchev–Trinajstić information content (AvgIpc) is 3.54. The molecule has 0 aliphatic rings. The van der Waals surface area contributed by atoms with Gasteiger partial charge in [0.2, 0.25) is 0 Å². The molecular weight excluding hydrogens is 482 g/mol. The van der Waals surface area contributed by atoms with Crippen molar-refractivity contribution < 1.29 is 19.1 Å². The highest BCUT2D eigenvalue weighted by Gasteiger charge is 2.18. The second-order valence-corrected chi connectivity index (χ2v) is 9.31. The third kappa shape index (κ3) is 5.06. The number of esters is 1. The number of thiazole rings is 2. The van der Waals surface area contributed by atoms with Crippen LogP contribution in [0.5, 0.6) is 5.75 Å². The number of hydrogen-bond acceptors (Lipinski definition) is 8. The van der Waals surface area contributed by atoms with Gasteiger partial charge in [0, 0.05) is 16.5 Å². The minimum atomic E-state index is -0.590. The summed E-state index contributed by atoms with van der Waals surface area (Å²) in [5, 5.41) is 5.67. The molecule has 174 valence electrons. The van der Waals surface area contributed by atoms with Crippen LogP contribution in [0, 0.1) is 0 Å². The molecular formula is C26H19N3O4S2. The summed E-state index contributed by atoms with van der Waals surface area (Å²) in [7, 11) is 1.61. The lowest BCUT2D eigenvalue weighted by Crippen LogP contribution is -2.21. The van der Waals surface area contributed by atoms with Crippen molar-refractivity contribution in [3.8, 4) is 27.6 Å². The molecule has 0 saturated heterocycles. The Morgan fingerprint density at radius 1 is 0.943 bits per heavy atom. The third-order valence-corrected chi connectivity index (χ3v) is 6.97. The van der Waals surface area contributed by atoms with E-state index in [0.29, 0.717) is 16.3 Å². The average molecular weight is 502 g/mol. The zero-order valence-corrected chi connectivity index (χ0v) is 20.2. The molecule has 9 heteroatoms. The van der Waals surface area contributed by atoms with Crippen LogP contribution in [0.15, 0.2) is 78.2 Å². The Bertz CT molecular complexity index is 1480. The Hall–Kier alpha value is -4.08. The summed E-state index contributed by atoms with van der Waals surface area (Å²) < 4.78 is 11.5. The summed E-state index contributed by atoms with van der Waals surface area (Å²) in [5.41, 5.74) is 3.53. The molecule has 0 fully saturated rings. The fraction of sp³-hybridized carbons (Fsp3) is 0.0769. The van der Waals surface area contributed by atoms with Gasteiger partial charge in [-0.15, -0.1) is 22.7 Å². The smallest absolute Gasteiger partial charge is 0.339 e. The van der Waals surface area contributed by atoms with Crippen molar-refractivity contribution in [2.45, 2.75) is 0 Å². The highest BCUT2D eigenvalue weighted by atomic mass is 32.1. The number of anilines is 1. The lowest BCUT2D eigenvalue weighted by Gasteiger charge is -2.08. The fourth-order valence-electron chi connectivity index (χ4n) is 3.42. The highest BCUT2D eigenvalue weighted by Crippen LogP contribution is 2.32. The molecule has 1 N–H and O–H groups in total. The van der Waals surface area contributed by atoms with Gasteiger partial charge in [0.15, 0.2) is 11.7 Å². The zero-order chi connectivity index (χ0) is 24.2.